The highest BCUT2D eigenvalue weighted by Gasteiger charge is 2.20. The van der Waals surface area contributed by atoms with Gasteiger partial charge in [-0.3, -0.25) is 16.0 Å². The molecule has 0 aliphatic heterocycles. The first-order chi connectivity index (χ1) is 8.13. The van der Waals surface area contributed by atoms with Crippen LogP contribution < -0.4 is 11.3 Å². The molecule has 0 bridgehead atoms. The lowest BCUT2D eigenvalue weighted by Gasteiger charge is -2.06. The number of halogens is 1. The van der Waals surface area contributed by atoms with Crippen molar-refractivity contribution in [3.8, 4) is 5.69 Å². The summed E-state index contributed by atoms with van der Waals surface area (Å²) in [6.45, 7) is 0. The Morgan fingerprint density at radius 1 is 1.53 bits per heavy atom. The molecule has 0 aliphatic carbocycles. The minimum Gasteiger partial charge on any atom is -0.318 e. The van der Waals surface area contributed by atoms with E-state index in [2.05, 4.69) is 33.1 Å². The molecule has 0 atom stereocenters. The second-order valence-electron chi connectivity index (χ2n) is 3.18. The molecule has 88 valence electrons. The van der Waals surface area contributed by atoms with Gasteiger partial charge < -0.3 is 5.43 Å². The molecule has 0 unspecified atom stereocenters. The van der Waals surface area contributed by atoms with Crippen LogP contribution in [0.3, 0.4) is 0 Å². The molecule has 0 radical (unpaired) electrons. The number of para-hydroxylation sites is 1. The van der Waals surface area contributed by atoms with Crippen molar-refractivity contribution in [3.05, 3.63) is 44.3 Å². The quantitative estimate of drug-likeness (QED) is 0.382. The lowest BCUT2D eigenvalue weighted by Crippen LogP contribution is -2.11. The molecule has 1 aromatic carbocycles. The maximum atomic E-state index is 11.0. The molecular weight excluding hydrogens is 337 g/mol. The van der Waals surface area contributed by atoms with Gasteiger partial charge in [-0.25, -0.2) is 4.68 Å². The van der Waals surface area contributed by atoms with Crippen molar-refractivity contribution < 1.29 is 4.92 Å². The predicted octanol–water partition coefficient (Wildman–Crippen LogP) is 1.67. The van der Waals surface area contributed by atoms with E-state index in [1.165, 1.54) is 10.7 Å². The minimum atomic E-state index is -0.487. The molecule has 0 aliphatic rings. The van der Waals surface area contributed by atoms with Crippen molar-refractivity contribution in [1.29, 1.82) is 0 Å². The van der Waals surface area contributed by atoms with E-state index in [4.69, 9.17) is 5.84 Å². The number of nitrogens with one attached hydrogen (secondary N) is 1. The van der Waals surface area contributed by atoms with Crippen LogP contribution >= 0.6 is 22.6 Å². The third kappa shape index (κ3) is 2.22. The molecule has 0 spiro atoms. The normalized spacial score (nSPS) is 10.2. The van der Waals surface area contributed by atoms with Gasteiger partial charge in [0.1, 0.15) is 11.4 Å². The van der Waals surface area contributed by atoms with Crippen molar-refractivity contribution in [2.45, 2.75) is 0 Å². The van der Waals surface area contributed by atoms with E-state index < -0.39 is 4.92 Å². The van der Waals surface area contributed by atoms with E-state index in [1.807, 2.05) is 0 Å². The molecule has 3 N–H and O–H groups in total. The van der Waals surface area contributed by atoms with Crippen LogP contribution in [0.1, 0.15) is 0 Å². The lowest BCUT2D eigenvalue weighted by atomic mass is 10.2. The van der Waals surface area contributed by atoms with Crippen LogP contribution in [0.5, 0.6) is 0 Å². The van der Waals surface area contributed by atoms with Crippen molar-refractivity contribution in [2.24, 2.45) is 5.84 Å². The number of rotatable bonds is 3. The predicted molar refractivity (Wildman–Crippen MR) is 70.7 cm³/mol. The number of nitro benzene ring substituents is 1. The monoisotopic (exact) mass is 345 g/mol. The topological polar surface area (TPSA) is 99.0 Å². The van der Waals surface area contributed by atoms with E-state index in [0.717, 1.165) is 3.57 Å². The highest BCUT2D eigenvalue weighted by molar-refractivity contribution is 14.1. The van der Waals surface area contributed by atoms with Gasteiger partial charge in [0, 0.05) is 6.20 Å². The molecule has 2 aromatic rings. The molecule has 17 heavy (non-hydrogen) atoms. The Balaban J connectivity index is 2.65. The first-order valence-electron chi connectivity index (χ1n) is 4.58. The molecular formula is C9H8IN5O2. The number of hydrogen-bond acceptors (Lipinski definition) is 5. The summed E-state index contributed by atoms with van der Waals surface area (Å²) in [6.07, 6.45) is 3.32. The van der Waals surface area contributed by atoms with E-state index in [-0.39, 0.29) is 11.4 Å². The second kappa shape index (κ2) is 4.67. The zero-order valence-corrected chi connectivity index (χ0v) is 10.7. The molecule has 0 saturated carbocycles. The van der Waals surface area contributed by atoms with Crippen LogP contribution in [0.4, 0.5) is 11.4 Å². The van der Waals surface area contributed by atoms with Crippen molar-refractivity contribution in [3.63, 3.8) is 0 Å². The molecule has 0 amide bonds. The summed E-state index contributed by atoms with van der Waals surface area (Å²) < 4.78 is 2.34. The Kier molecular flexibility index (Phi) is 3.24. The fourth-order valence-electron chi connectivity index (χ4n) is 1.46. The number of nitrogens with zero attached hydrogens (tertiary/aromatic N) is 3. The smallest absolute Gasteiger partial charge is 0.318 e. The lowest BCUT2D eigenvalue weighted by molar-refractivity contribution is -0.383. The number of nitrogens with two attached hydrogens (primary N) is 1. The molecule has 1 heterocycles. The Labute approximate surface area is 110 Å². The maximum Gasteiger partial charge on any atom is 0.319 e. The molecule has 1 aromatic heterocycles. The van der Waals surface area contributed by atoms with E-state index in [9.17, 15) is 10.1 Å². The third-order valence-corrected chi connectivity index (χ3v) is 2.71. The van der Waals surface area contributed by atoms with Gasteiger partial charge >= 0.3 is 5.69 Å². The van der Waals surface area contributed by atoms with E-state index in [1.54, 1.807) is 24.5 Å². The van der Waals surface area contributed by atoms with Crippen molar-refractivity contribution in [1.82, 2.24) is 9.78 Å². The summed E-state index contributed by atoms with van der Waals surface area (Å²) in [5.74, 6) is 5.26. The number of nitro groups is 1. The largest absolute Gasteiger partial charge is 0.319 e. The van der Waals surface area contributed by atoms with E-state index in [0.29, 0.717) is 5.69 Å². The Bertz CT molecular complexity index is 568. The van der Waals surface area contributed by atoms with Crippen LogP contribution in [-0.4, -0.2) is 14.7 Å². The van der Waals surface area contributed by atoms with Crippen LogP contribution in [0.15, 0.2) is 30.6 Å². The SMILES string of the molecule is NNc1cccc(-n2cc(I)cn2)c1[N+](=O)[O-]. The van der Waals surface area contributed by atoms with Crippen LogP contribution in [0.25, 0.3) is 5.69 Å². The van der Waals surface area contributed by atoms with Gasteiger partial charge in [-0.05, 0) is 34.7 Å². The van der Waals surface area contributed by atoms with Crippen LogP contribution in [0, 0.1) is 13.7 Å². The summed E-state index contributed by atoms with van der Waals surface area (Å²) in [5.41, 5.74) is 2.82. The maximum absolute atomic E-state index is 11.0. The number of nitrogen functional groups attached to an aromatic ring is 1. The molecule has 2 rings (SSSR count). The molecule has 0 saturated heterocycles. The summed E-state index contributed by atoms with van der Waals surface area (Å²) in [7, 11) is 0. The second-order valence-corrected chi connectivity index (χ2v) is 4.42. The zero-order chi connectivity index (χ0) is 12.4. The van der Waals surface area contributed by atoms with Gasteiger partial charge in [0.25, 0.3) is 0 Å². The Hall–Kier alpha value is -1.68. The number of anilines is 1. The standard InChI is InChI=1S/C9H8IN5O2/c10-6-4-12-14(5-6)8-3-1-2-7(13-11)9(8)15(16)17/h1-5,13H,11H2. The van der Waals surface area contributed by atoms with Gasteiger partial charge in [0.15, 0.2) is 0 Å². The van der Waals surface area contributed by atoms with Gasteiger partial charge in [-0.15, -0.1) is 0 Å². The minimum absolute atomic E-state index is 0.102. The Morgan fingerprint density at radius 2 is 2.29 bits per heavy atom. The summed E-state index contributed by atoms with van der Waals surface area (Å²) >= 11 is 2.08. The number of benzene rings is 1. The molecule has 0 fully saturated rings. The summed E-state index contributed by atoms with van der Waals surface area (Å²) in [4.78, 5) is 10.6. The first kappa shape index (κ1) is 11.8. The number of aromatic nitrogens is 2. The van der Waals surface area contributed by atoms with E-state index >= 15 is 0 Å². The number of hydrazine groups is 1. The Morgan fingerprint density at radius 3 is 2.82 bits per heavy atom. The van der Waals surface area contributed by atoms with Crippen molar-refractivity contribution >= 4 is 34.0 Å². The van der Waals surface area contributed by atoms with Crippen LogP contribution in [0.2, 0.25) is 0 Å². The molecule has 8 heteroatoms. The van der Waals surface area contributed by atoms with Gasteiger partial charge in [0.05, 0.1) is 14.7 Å². The summed E-state index contributed by atoms with van der Waals surface area (Å²) in [6, 6.07) is 4.82. The highest BCUT2D eigenvalue weighted by atomic mass is 127. The van der Waals surface area contributed by atoms with Gasteiger partial charge in [-0.1, -0.05) is 6.07 Å². The van der Waals surface area contributed by atoms with Gasteiger partial charge in [-0.2, -0.15) is 5.10 Å². The summed E-state index contributed by atoms with van der Waals surface area (Å²) in [5, 5.41) is 15.1. The average Bonchev–Trinajstić information content (AvgIpc) is 2.74. The zero-order valence-electron chi connectivity index (χ0n) is 8.50. The fraction of sp³-hybridized carbons (Fsp3) is 0. The van der Waals surface area contributed by atoms with Crippen LogP contribution in [-0.2, 0) is 0 Å². The first-order valence-corrected chi connectivity index (χ1v) is 5.66. The highest BCUT2D eigenvalue weighted by Crippen LogP contribution is 2.30. The van der Waals surface area contributed by atoms with Crippen molar-refractivity contribution in [2.75, 3.05) is 5.43 Å². The average molecular weight is 345 g/mol. The van der Waals surface area contributed by atoms with Gasteiger partial charge in [0.2, 0.25) is 0 Å². The fourth-order valence-corrected chi connectivity index (χ4v) is 1.85. The third-order valence-electron chi connectivity index (χ3n) is 2.15. The number of hydrogen-bond donors (Lipinski definition) is 2. The molecule has 7 nitrogen and oxygen atoms in total.